The zero-order valence-electron chi connectivity index (χ0n) is 12.9. The minimum atomic E-state index is -0.205. The van der Waals surface area contributed by atoms with Gasteiger partial charge in [-0.05, 0) is 42.3 Å². The van der Waals surface area contributed by atoms with E-state index >= 15 is 0 Å². The van der Waals surface area contributed by atoms with Crippen LogP contribution in [0.5, 0.6) is 0 Å². The molecule has 0 saturated carbocycles. The molecule has 3 aromatic rings. The van der Waals surface area contributed by atoms with Gasteiger partial charge in [-0.15, -0.1) is 0 Å². The van der Waals surface area contributed by atoms with Crippen LogP contribution in [0.25, 0.3) is 10.9 Å². The molecule has 3 N–H and O–H groups in total. The van der Waals surface area contributed by atoms with Gasteiger partial charge in [0.15, 0.2) is 0 Å². The third-order valence-corrected chi connectivity index (χ3v) is 4.53. The molecule has 1 aliphatic heterocycles. The number of nitrogen functional groups attached to an aromatic ring is 1. The third kappa shape index (κ3) is 2.25. The van der Waals surface area contributed by atoms with Crippen molar-refractivity contribution in [3.63, 3.8) is 0 Å². The Morgan fingerprint density at radius 3 is 2.91 bits per heavy atom. The van der Waals surface area contributed by atoms with Crippen LogP contribution in [0.1, 0.15) is 17.0 Å². The standard InChI is InChI=1S/C18H18N4O/c1-11-8-13(19)6-7-14(11)12-9-20-17-15-4-2-3-5-16(15)21-18(23)22(17)10-12/h2-8,12,20H,9-10,19H2,1H3/t12-/m1/s1. The van der Waals surface area contributed by atoms with Crippen molar-refractivity contribution in [3.05, 3.63) is 64.1 Å². The van der Waals surface area contributed by atoms with Gasteiger partial charge in [-0.1, -0.05) is 18.2 Å². The maximum absolute atomic E-state index is 12.4. The summed E-state index contributed by atoms with van der Waals surface area (Å²) in [6.45, 7) is 3.48. The molecule has 4 rings (SSSR count). The highest BCUT2D eigenvalue weighted by Crippen LogP contribution is 2.30. The number of fused-ring (bicyclic) bond motifs is 3. The summed E-state index contributed by atoms with van der Waals surface area (Å²) in [6, 6.07) is 13.7. The average Bonchev–Trinajstić information content (AvgIpc) is 2.55. The molecule has 0 fully saturated rings. The molecular formula is C18H18N4O. The lowest BCUT2D eigenvalue weighted by Gasteiger charge is -2.29. The fraction of sp³-hybridized carbons (Fsp3) is 0.222. The fourth-order valence-electron chi connectivity index (χ4n) is 3.41. The maximum Gasteiger partial charge on any atom is 0.349 e. The Bertz CT molecular complexity index is 961. The fourth-order valence-corrected chi connectivity index (χ4v) is 3.41. The first-order chi connectivity index (χ1) is 11.1. The van der Waals surface area contributed by atoms with Gasteiger partial charge in [0.25, 0.3) is 0 Å². The van der Waals surface area contributed by atoms with Crippen LogP contribution in [0.15, 0.2) is 47.3 Å². The van der Waals surface area contributed by atoms with Crippen molar-refractivity contribution < 1.29 is 0 Å². The van der Waals surface area contributed by atoms with Crippen LogP contribution in [-0.2, 0) is 6.54 Å². The summed E-state index contributed by atoms with van der Waals surface area (Å²) in [4.78, 5) is 16.6. The second kappa shape index (κ2) is 5.12. The van der Waals surface area contributed by atoms with Crippen LogP contribution in [-0.4, -0.2) is 16.1 Å². The summed E-state index contributed by atoms with van der Waals surface area (Å²) >= 11 is 0. The summed E-state index contributed by atoms with van der Waals surface area (Å²) < 4.78 is 1.74. The molecule has 1 aromatic heterocycles. The van der Waals surface area contributed by atoms with Gasteiger partial charge < -0.3 is 11.1 Å². The molecule has 2 aromatic carbocycles. The van der Waals surface area contributed by atoms with Crippen molar-refractivity contribution in [1.29, 1.82) is 0 Å². The highest BCUT2D eigenvalue weighted by atomic mass is 16.1. The van der Waals surface area contributed by atoms with Crippen molar-refractivity contribution in [3.8, 4) is 0 Å². The van der Waals surface area contributed by atoms with Crippen molar-refractivity contribution in [2.24, 2.45) is 0 Å². The average molecular weight is 306 g/mol. The minimum absolute atomic E-state index is 0.205. The van der Waals surface area contributed by atoms with E-state index in [1.807, 2.05) is 36.4 Å². The smallest absolute Gasteiger partial charge is 0.349 e. The van der Waals surface area contributed by atoms with Crippen LogP contribution < -0.4 is 16.7 Å². The lowest BCUT2D eigenvalue weighted by molar-refractivity contribution is 0.528. The summed E-state index contributed by atoms with van der Waals surface area (Å²) in [7, 11) is 0. The van der Waals surface area contributed by atoms with E-state index in [4.69, 9.17) is 5.73 Å². The molecule has 0 radical (unpaired) electrons. The van der Waals surface area contributed by atoms with E-state index in [0.29, 0.717) is 6.54 Å². The molecule has 2 heterocycles. The topological polar surface area (TPSA) is 72.9 Å². The van der Waals surface area contributed by atoms with Gasteiger partial charge >= 0.3 is 5.69 Å². The van der Waals surface area contributed by atoms with E-state index in [-0.39, 0.29) is 11.6 Å². The summed E-state index contributed by atoms with van der Waals surface area (Å²) in [5.74, 6) is 1.09. The molecular weight excluding hydrogens is 288 g/mol. The number of benzene rings is 2. The molecule has 5 heteroatoms. The van der Waals surface area contributed by atoms with Crippen LogP contribution in [0.3, 0.4) is 0 Å². The van der Waals surface area contributed by atoms with Crippen LogP contribution >= 0.6 is 0 Å². The normalized spacial score (nSPS) is 16.8. The summed E-state index contributed by atoms with van der Waals surface area (Å²) in [5, 5.41) is 4.41. The number of aryl methyl sites for hydroxylation is 1. The van der Waals surface area contributed by atoms with E-state index in [1.54, 1.807) is 4.57 Å². The Morgan fingerprint density at radius 1 is 1.26 bits per heavy atom. The second-order valence-electron chi connectivity index (χ2n) is 6.06. The number of para-hydroxylation sites is 1. The number of rotatable bonds is 1. The predicted molar refractivity (Wildman–Crippen MR) is 92.8 cm³/mol. The Morgan fingerprint density at radius 2 is 2.09 bits per heavy atom. The number of nitrogens with two attached hydrogens (primary N) is 1. The Balaban J connectivity index is 1.80. The van der Waals surface area contributed by atoms with E-state index in [1.165, 1.54) is 5.56 Å². The first-order valence-electron chi connectivity index (χ1n) is 7.73. The zero-order valence-corrected chi connectivity index (χ0v) is 12.9. The summed E-state index contributed by atoms with van der Waals surface area (Å²) in [5.41, 5.74) is 9.51. The Hall–Kier alpha value is -2.82. The van der Waals surface area contributed by atoms with Gasteiger partial charge in [0.1, 0.15) is 5.82 Å². The highest BCUT2D eigenvalue weighted by Gasteiger charge is 2.23. The lowest BCUT2D eigenvalue weighted by atomic mass is 9.93. The maximum atomic E-state index is 12.4. The quantitative estimate of drug-likeness (QED) is 0.678. The molecule has 1 atom stereocenters. The number of nitrogens with one attached hydrogen (secondary N) is 1. The Labute approximate surface area is 133 Å². The van der Waals surface area contributed by atoms with Crippen molar-refractivity contribution in [1.82, 2.24) is 9.55 Å². The van der Waals surface area contributed by atoms with Gasteiger partial charge in [-0.3, -0.25) is 4.57 Å². The molecule has 0 bridgehead atoms. The third-order valence-electron chi connectivity index (χ3n) is 4.53. The first-order valence-corrected chi connectivity index (χ1v) is 7.73. The molecule has 0 unspecified atom stereocenters. The summed E-state index contributed by atoms with van der Waals surface area (Å²) in [6.07, 6.45) is 0. The number of nitrogens with zero attached hydrogens (tertiary/aromatic N) is 2. The molecule has 5 nitrogen and oxygen atoms in total. The van der Waals surface area contributed by atoms with Crippen molar-refractivity contribution in [2.75, 3.05) is 17.6 Å². The highest BCUT2D eigenvalue weighted by molar-refractivity contribution is 5.89. The lowest BCUT2D eigenvalue weighted by Crippen LogP contribution is -2.35. The number of aromatic nitrogens is 2. The second-order valence-corrected chi connectivity index (χ2v) is 6.06. The largest absolute Gasteiger partial charge is 0.399 e. The van der Waals surface area contributed by atoms with Gasteiger partial charge in [0, 0.05) is 30.1 Å². The number of anilines is 2. The van der Waals surface area contributed by atoms with E-state index < -0.39 is 0 Å². The van der Waals surface area contributed by atoms with E-state index in [0.717, 1.165) is 34.5 Å². The predicted octanol–water partition coefficient (Wildman–Crippen LogP) is 2.50. The molecule has 0 aliphatic carbocycles. The molecule has 0 amide bonds. The number of hydrogen-bond donors (Lipinski definition) is 2. The van der Waals surface area contributed by atoms with Crippen LogP contribution in [0, 0.1) is 6.92 Å². The van der Waals surface area contributed by atoms with Gasteiger partial charge in [0.2, 0.25) is 0 Å². The molecule has 23 heavy (non-hydrogen) atoms. The zero-order chi connectivity index (χ0) is 16.0. The van der Waals surface area contributed by atoms with Gasteiger partial charge in [-0.25, -0.2) is 4.79 Å². The molecule has 0 spiro atoms. The van der Waals surface area contributed by atoms with Gasteiger partial charge in [-0.2, -0.15) is 4.98 Å². The number of hydrogen-bond acceptors (Lipinski definition) is 4. The van der Waals surface area contributed by atoms with Gasteiger partial charge in [0.05, 0.1) is 5.52 Å². The molecule has 1 aliphatic rings. The van der Waals surface area contributed by atoms with Crippen molar-refractivity contribution >= 4 is 22.4 Å². The SMILES string of the molecule is Cc1cc(N)ccc1[C@@H]1CNc2c3ccccc3nc(=O)n2C1. The monoisotopic (exact) mass is 306 g/mol. The van der Waals surface area contributed by atoms with Crippen LogP contribution in [0.4, 0.5) is 11.5 Å². The first kappa shape index (κ1) is 13.8. The molecule has 116 valence electrons. The Kier molecular flexibility index (Phi) is 3.08. The van der Waals surface area contributed by atoms with Crippen molar-refractivity contribution in [2.45, 2.75) is 19.4 Å². The minimum Gasteiger partial charge on any atom is -0.399 e. The van der Waals surface area contributed by atoms with E-state index in [2.05, 4.69) is 23.3 Å². The van der Waals surface area contributed by atoms with Crippen LogP contribution in [0.2, 0.25) is 0 Å². The molecule has 0 saturated heterocycles. The van der Waals surface area contributed by atoms with E-state index in [9.17, 15) is 4.79 Å².